The van der Waals surface area contributed by atoms with Gasteiger partial charge in [0.1, 0.15) is 24.4 Å². The first-order chi connectivity index (χ1) is 19.7. The Morgan fingerprint density at radius 2 is 1.05 bits per heavy atom. The van der Waals surface area contributed by atoms with E-state index in [2.05, 4.69) is 66.5 Å². The van der Waals surface area contributed by atoms with Crippen molar-refractivity contribution >= 4 is 10.9 Å². The van der Waals surface area contributed by atoms with Crippen LogP contribution in [0.4, 0.5) is 0 Å². The van der Waals surface area contributed by atoms with Gasteiger partial charge in [-0.05, 0) is 41.1 Å². The molecule has 1 aliphatic heterocycles. The van der Waals surface area contributed by atoms with E-state index in [0.29, 0.717) is 19.8 Å². The number of aromatic nitrogens is 1. The number of H-pyrrole nitrogens is 1. The molecule has 5 nitrogen and oxygen atoms in total. The lowest BCUT2D eigenvalue weighted by atomic mass is 9.93. The van der Waals surface area contributed by atoms with Crippen LogP contribution in [0.2, 0.25) is 0 Å². The fourth-order valence-corrected chi connectivity index (χ4v) is 5.41. The molecule has 0 aliphatic carbocycles. The normalized spacial score (nSPS) is 22.9. The Labute approximate surface area is 235 Å². The van der Waals surface area contributed by atoms with Gasteiger partial charge in [-0.1, -0.05) is 109 Å². The summed E-state index contributed by atoms with van der Waals surface area (Å²) < 4.78 is 26.7. The van der Waals surface area contributed by atoms with Gasteiger partial charge < -0.3 is 23.9 Å². The number of para-hydroxylation sites is 1. The van der Waals surface area contributed by atoms with Crippen LogP contribution in [0.15, 0.2) is 121 Å². The largest absolute Gasteiger partial charge is 0.368 e. The SMILES string of the molecule is CC1O[C@@H](c2cc3ccccc3[nH]2)C(OCc2ccccc2)C(OCc2ccccc2)[C@@H]1OCc1ccccc1. The average Bonchev–Trinajstić information content (AvgIpc) is 3.44. The Morgan fingerprint density at radius 3 is 1.60 bits per heavy atom. The summed E-state index contributed by atoms with van der Waals surface area (Å²) in [4.78, 5) is 3.58. The van der Waals surface area contributed by atoms with Gasteiger partial charge in [-0.15, -0.1) is 0 Å². The van der Waals surface area contributed by atoms with Crippen LogP contribution in [-0.2, 0) is 38.8 Å². The first kappa shape index (κ1) is 26.5. The van der Waals surface area contributed by atoms with Crippen LogP contribution in [-0.4, -0.2) is 29.4 Å². The maximum absolute atomic E-state index is 6.73. The van der Waals surface area contributed by atoms with Crippen molar-refractivity contribution in [3.8, 4) is 0 Å². The number of hydrogen-bond donors (Lipinski definition) is 1. The summed E-state index contributed by atoms with van der Waals surface area (Å²) in [5.74, 6) is 0. The number of rotatable bonds is 10. The minimum Gasteiger partial charge on any atom is -0.368 e. The molecule has 5 atom stereocenters. The number of ether oxygens (including phenoxy) is 4. The molecule has 1 saturated heterocycles. The zero-order valence-corrected chi connectivity index (χ0v) is 22.7. The molecule has 2 heterocycles. The number of fused-ring (bicyclic) bond motifs is 1. The number of nitrogens with one attached hydrogen (secondary N) is 1. The van der Waals surface area contributed by atoms with Crippen LogP contribution in [0.1, 0.15) is 35.4 Å². The smallest absolute Gasteiger partial charge is 0.126 e. The van der Waals surface area contributed by atoms with E-state index in [4.69, 9.17) is 18.9 Å². The maximum atomic E-state index is 6.73. The van der Waals surface area contributed by atoms with Crippen molar-refractivity contribution in [2.24, 2.45) is 0 Å². The predicted octanol–water partition coefficient (Wildman–Crippen LogP) is 7.38. The second-order valence-electron chi connectivity index (χ2n) is 10.4. The minimum absolute atomic E-state index is 0.225. The number of aromatic amines is 1. The fourth-order valence-electron chi connectivity index (χ4n) is 5.41. The van der Waals surface area contributed by atoms with Crippen LogP contribution in [0.5, 0.6) is 0 Å². The molecule has 0 radical (unpaired) electrons. The second kappa shape index (κ2) is 12.6. The van der Waals surface area contributed by atoms with Gasteiger partial charge in [0.05, 0.1) is 25.9 Å². The van der Waals surface area contributed by atoms with E-state index in [1.54, 1.807) is 0 Å². The van der Waals surface area contributed by atoms with Crippen molar-refractivity contribution in [3.63, 3.8) is 0 Å². The van der Waals surface area contributed by atoms with Crippen molar-refractivity contribution in [2.45, 2.75) is 57.3 Å². The monoisotopic (exact) mass is 533 g/mol. The van der Waals surface area contributed by atoms with E-state index in [1.165, 1.54) is 0 Å². The summed E-state index contributed by atoms with van der Waals surface area (Å²) in [6, 6.07) is 41.1. The lowest BCUT2D eigenvalue weighted by Gasteiger charge is -2.45. The Kier molecular flexibility index (Phi) is 8.36. The zero-order chi connectivity index (χ0) is 27.1. The molecule has 5 heteroatoms. The molecule has 0 saturated carbocycles. The molecule has 0 amide bonds. The van der Waals surface area contributed by atoms with E-state index in [1.807, 2.05) is 66.7 Å². The first-order valence-corrected chi connectivity index (χ1v) is 13.9. The third-order valence-electron chi connectivity index (χ3n) is 7.48. The van der Waals surface area contributed by atoms with Crippen LogP contribution < -0.4 is 0 Å². The second-order valence-corrected chi connectivity index (χ2v) is 10.4. The molecule has 1 fully saturated rings. The van der Waals surface area contributed by atoms with Crippen molar-refractivity contribution in [2.75, 3.05) is 0 Å². The molecule has 0 spiro atoms. The van der Waals surface area contributed by atoms with Crippen molar-refractivity contribution in [1.29, 1.82) is 0 Å². The molecule has 6 rings (SSSR count). The van der Waals surface area contributed by atoms with Crippen LogP contribution >= 0.6 is 0 Å². The topological polar surface area (TPSA) is 52.7 Å². The van der Waals surface area contributed by atoms with Crippen LogP contribution in [0.3, 0.4) is 0 Å². The highest BCUT2D eigenvalue weighted by Crippen LogP contribution is 2.38. The highest BCUT2D eigenvalue weighted by atomic mass is 16.6. The molecule has 40 heavy (non-hydrogen) atoms. The van der Waals surface area contributed by atoms with E-state index >= 15 is 0 Å². The summed E-state index contributed by atoms with van der Waals surface area (Å²) in [6.07, 6.45) is -1.69. The van der Waals surface area contributed by atoms with E-state index in [0.717, 1.165) is 33.3 Å². The highest BCUT2D eigenvalue weighted by Gasteiger charge is 2.47. The van der Waals surface area contributed by atoms with Crippen molar-refractivity contribution in [1.82, 2.24) is 4.98 Å². The van der Waals surface area contributed by atoms with Gasteiger partial charge in [-0.25, -0.2) is 0 Å². The average molecular weight is 534 g/mol. The minimum atomic E-state index is -0.408. The molecule has 1 aliphatic rings. The zero-order valence-electron chi connectivity index (χ0n) is 22.7. The Balaban J connectivity index is 1.33. The van der Waals surface area contributed by atoms with Crippen molar-refractivity contribution < 1.29 is 18.9 Å². The third kappa shape index (κ3) is 6.19. The quantitative estimate of drug-likeness (QED) is 0.203. The summed E-state index contributed by atoms with van der Waals surface area (Å²) in [6.45, 7) is 3.43. The maximum Gasteiger partial charge on any atom is 0.126 e. The van der Waals surface area contributed by atoms with Crippen LogP contribution in [0.25, 0.3) is 10.9 Å². The lowest BCUT2D eigenvalue weighted by molar-refractivity contribution is -0.264. The first-order valence-electron chi connectivity index (χ1n) is 13.9. The summed E-state index contributed by atoms with van der Waals surface area (Å²) >= 11 is 0. The van der Waals surface area contributed by atoms with Gasteiger partial charge in [0.2, 0.25) is 0 Å². The number of hydrogen-bond acceptors (Lipinski definition) is 4. The summed E-state index contributed by atoms with van der Waals surface area (Å²) in [7, 11) is 0. The van der Waals surface area contributed by atoms with Gasteiger partial charge >= 0.3 is 0 Å². The Bertz CT molecular complexity index is 1440. The van der Waals surface area contributed by atoms with Gasteiger partial charge in [0, 0.05) is 11.2 Å². The van der Waals surface area contributed by atoms with Gasteiger partial charge in [-0.2, -0.15) is 0 Å². The van der Waals surface area contributed by atoms with E-state index < -0.39 is 6.10 Å². The van der Waals surface area contributed by atoms with Gasteiger partial charge in [0.15, 0.2) is 0 Å². The standard InChI is InChI=1S/C35H35NO4/c1-25-32(37-22-26-13-5-2-6-14-26)34(38-23-27-15-7-3-8-16-27)35(39-24-28-17-9-4-10-18-28)33(40-25)31-21-29-19-11-12-20-30(29)36-31/h2-21,25,32-36H,22-24H2,1H3/t25?,32-,33+,34?,35?/m1/s1. The highest BCUT2D eigenvalue weighted by molar-refractivity contribution is 5.80. The molecule has 4 aromatic carbocycles. The Hall–Kier alpha value is -3.74. The number of benzene rings is 4. The third-order valence-corrected chi connectivity index (χ3v) is 7.48. The molecular weight excluding hydrogens is 498 g/mol. The van der Waals surface area contributed by atoms with E-state index in [9.17, 15) is 0 Å². The molecule has 204 valence electrons. The molecule has 5 aromatic rings. The van der Waals surface area contributed by atoms with Crippen molar-refractivity contribution in [3.05, 3.63) is 144 Å². The molecule has 1 N–H and O–H groups in total. The Morgan fingerprint density at radius 1 is 0.575 bits per heavy atom. The molecular formula is C35H35NO4. The van der Waals surface area contributed by atoms with Crippen LogP contribution in [0, 0.1) is 0 Å². The molecule has 0 bridgehead atoms. The van der Waals surface area contributed by atoms with E-state index in [-0.39, 0.29) is 24.4 Å². The lowest BCUT2D eigenvalue weighted by Crippen LogP contribution is -2.56. The molecule has 3 unspecified atom stereocenters. The molecule has 1 aromatic heterocycles. The summed E-state index contributed by atoms with van der Waals surface area (Å²) in [5, 5.41) is 1.14. The predicted molar refractivity (Wildman–Crippen MR) is 157 cm³/mol. The van der Waals surface area contributed by atoms with Gasteiger partial charge in [0.25, 0.3) is 0 Å². The summed E-state index contributed by atoms with van der Waals surface area (Å²) in [5.41, 5.74) is 5.35. The fraction of sp³-hybridized carbons (Fsp3) is 0.257. The van der Waals surface area contributed by atoms with Gasteiger partial charge in [-0.3, -0.25) is 0 Å².